The first-order valence-corrected chi connectivity index (χ1v) is 9.02. The molecule has 0 unspecified atom stereocenters. The van der Waals surface area contributed by atoms with Crippen molar-refractivity contribution in [2.45, 2.75) is 51.9 Å². The number of carbonyl (C=O) groups is 3. The number of benzene rings is 1. The number of nitrogens with zero attached hydrogens (tertiary/aromatic N) is 2. The standard InChI is InChI=1S/C19H28N4O6/c1-19(2,3)29-18(27)23(14(15(24)25)10-7-11-22-16(20)21)17(26)28-12-13-8-5-4-6-9-13/h4-6,8-9,14H,7,10-12H2,1-3H3,(H,24,25)(H4,20,21,22)/t14-/m0/s1. The van der Waals surface area contributed by atoms with Crippen LogP contribution in [0.5, 0.6) is 0 Å². The number of aliphatic carboxylic acids is 1. The predicted molar refractivity (Wildman–Crippen MR) is 106 cm³/mol. The Labute approximate surface area is 169 Å². The fourth-order valence-electron chi connectivity index (χ4n) is 2.28. The molecule has 5 N–H and O–H groups in total. The lowest BCUT2D eigenvalue weighted by atomic mass is 10.1. The summed E-state index contributed by atoms with van der Waals surface area (Å²) in [5.41, 5.74) is 10.2. The first-order valence-electron chi connectivity index (χ1n) is 9.02. The van der Waals surface area contributed by atoms with Gasteiger partial charge in [-0.3, -0.25) is 4.99 Å². The molecule has 0 saturated carbocycles. The molecule has 1 aromatic rings. The molecule has 29 heavy (non-hydrogen) atoms. The number of guanidine groups is 1. The Bertz CT molecular complexity index is 726. The van der Waals surface area contributed by atoms with E-state index in [0.29, 0.717) is 10.5 Å². The van der Waals surface area contributed by atoms with Crippen molar-refractivity contribution in [3.05, 3.63) is 35.9 Å². The number of carboxylic acids is 1. The zero-order valence-electron chi connectivity index (χ0n) is 16.8. The third-order valence-corrected chi connectivity index (χ3v) is 3.52. The molecule has 1 rings (SSSR count). The van der Waals surface area contributed by atoms with E-state index in [4.69, 9.17) is 20.9 Å². The van der Waals surface area contributed by atoms with E-state index in [0.717, 1.165) is 0 Å². The van der Waals surface area contributed by atoms with Crippen molar-refractivity contribution in [1.82, 2.24) is 4.90 Å². The SMILES string of the molecule is CC(C)(C)OC(=O)N(C(=O)OCc1ccccc1)[C@@H](CCCN=C(N)N)C(=O)O. The van der Waals surface area contributed by atoms with E-state index in [1.54, 1.807) is 51.1 Å². The van der Waals surface area contributed by atoms with Gasteiger partial charge >= 0.3 is 18.2 Å². The van der Waals surface area contributed by atoms with Crippen LogP contribution >= 0.6 is 0 Å². The van der Waals surface area contributed by atoms with Crippen LogP contribution in [0.3, 0.4) is 0 Å². The Morgan fingerprint density at radius 1 is 1.14 bits per heavy atom. The van der Waals surface area contributed by atoms with E-state index in [1.807, 2.05) is 0 Å². The van der Waals surface area contributed by atoms with Crippen molar-refractivity contribution >= 4 is 24.1 Å². The maximum atomic E-state index is 12.6. The first kappa shape index (κ1) is 23.7. The van der Waals surface area contributed by atoms with E-state index >= 15 is 0 Å². The molecular weight excluding hydrogens is 380 g/mol. The van der Waals surface area contributed by atoms with Gasteiger partial charge in [0.25, 0.3) is 0 Å². The van der Waals surface area contributed by atoms with Gasteiger partial charge < -0.3 is 26.0 Å². The summed E-state index contributed by atoms with van der Waals surface area (Å²) in [5, 5.41) is 9.59. The van der Waals surface area contributed by atoms with Gasteiger partial charge in [-0.1, -0.05) is 30.3 Å². The zero-order valence-corrected chi connectivity index (χ0v) is 16.8. The zero-order chi connectivity index (χ0) is 22.0. The summed E-state index contributed by atoms with van der Waals surface area (Å²) in [6, 6.07) is 7.29. The normalized spacial score (nSPS) is 11.8. The minimum Gasteiger partial charge on any atom is -0.480 e. The summed E-state index contributed by atoms with van der Waals surface area (Å²) in [5.74, 6) is -1.51. The minimum atomic E-state index is -1.50. The van der Waals surface area contributed by atoms with Gasteiger partial charge in [-0.2, -0.15) is 4.90 Å². The van der Waals surface area contributed by atoms with Crippen LogP contribution in [0, 0.1) is 0 Å². The van der Waals surface area contributed by atoms with E-state index in [9.17, 15) is 19.5 Å². The molecule has 10 heteroatoms. The number of hydrogen-bond acceptors (Lipinski definition) is 6. The van der Waals surface area contributed by atoms with Crippen LogP contribution in [0.1, 0.15) is 39.2 Å². The fourth-order valence-corrected chi connectivity index (χ4v) is 2.28. The number of amides is 2. The molecule has 0 fully saturated rings. The van der Waals surface area contributed by atoms with Gasteiger partial charge in [0.1, 0.15) is 18.2 Å². The average molecular weight is 408 g/mol. The first-order chi connectivity index (χ1) is 13.5. The number of rotatable bonds is 8. The Balaban J connectivity index is 2.99. The molecular formula is C19H28N4O6. The van der Waals surface area contributed by atoms with Gasteiger partial charge in [-0.25, -0.2) is 14.4 Å². The summed E-state index contributed by atoms with van der Waals surface area (Å²) < 4.78 is 10.4. The van der Waals surface area contributed by atoms with Crippen LogP contribution in [-0.2, 0) is 20.9 Å². The van der Waals surface area contributed by atoms with Crippen LogP contribution in [0.2, 0.25) is 0 Å². The second-order valence-corrected chi connectivity index (χ2v) is 7.19. The summed E-state index contributed by atoms with van der Waals surface area (Å²) >= 11 is 0. The number of carbonyl (C=O) groups excluding carboxylic acids is 2. The van der Waals surface area contributed by atoms with E-state index < -0.39 is 29.8 Å². The van der Waals surface area contributed by atoms with E-state index in [2.05, 4.69) is 4.99 Å². The Kier molecular flexibility index (Phi) is 8.91. The molecule has 0 radical (unpaired) electrons. The number of nitrogens with two attached hydrogens (primary N) is 2. The number of hydrogen-bond donors (Lipinski definition) is 3. The van der Waals surface area contributed by atoms with Gasteiger partial charge in [0.2, 0.25) is 0 Å². The molecule has 0 saturated heterocycles. The minimum absolute atomic E-state index is 0.0776. The van der Waals surface area contributed by atoms with Crippen LogP contribution in [0.15, 0.2) is 35.3 Å². The monoisotopic (exact) mass is 408 g/mol. The number of carboxylic acid groups (broad SMARTS) is 1. The van der Waals surface area contributed by atoms with Crippen molar-refractivity contribution < 1.29 is 29.0 Å². The van der Waals surface area contributed by atoms with Crippen molar-refractivity contribution in [3.8, 4) is 0 Å². The summed E-state index contributed by atoms with van der Waals surface area (Å²) in [7, 11) is 0. The molecule has 0 aromatic heterocycles. The van der Waals surface area contributed by atoms with Crippen molar-refractivity contribution in [3.63, 3.8) is 0 Å². The Morgan fingerprint density at radius 3 is 2.28 bits per heavy atom. The Hall–Kier alpha value is -3.30. The molecule has 10 nitrogen and oxygen atoms in total. The molecule has 160 valence electrons. The lowest BCUT2D eigenvalue weighted by Crippen LogP contribution is -2.50. The Morgan fingerprint density at radius 2 is 1.76 bits per heavy atom. The third kappa shape index (κ3) is 8.96. The molecule has 2 amide bonds. The highest BCUT2D eigenvalue weighted by molar-refractivity contribution is 5.93. The highest BCUT2D eigenvalue weighted by Crippen LogP contribution is 2.17. The lowest BCUT2D eigenvalue weighted by molar-refractivity contribution is -0.143. The second-order valence-electron chi connectivity index (χ2n) is 7.19. The highest BCUT2D eigenvalue weighted by Gasteiger charge is 2.38. The quantitative estimate of drug-likeness (QED) is 0.335. The van der Waals surface area contributed by atoms with Crippen LogP contribution < -0.4 is 11.5 Å². The lowest BCUT2D eigenvalue weighted by Gasteiger charge is -2.29. The van der Waals surface area contributed by atoms with Crippen LogP contribution in [0.25, 0.3) is 0 Å². The molecule has 0 bridgehead atoms. The molecule has 0 aliphatic carbocycles. The van der Waals surface area contributed by atoms with Crippen molar-refractivity contribution in [2.24, 2.45) is 16.5 Å². The van der Waals surface area contributed by atoms with Crippen molar-refractivity contribution in [2.75, 3.05) is 6.54 Å². The van der Waals surface area contributed by atoms with E-state index in [-0.39, 0.29) is 32.0 Å². The maximum absolute atomic E-state index is 12.6. The number of imide groups is 1. The van der Waals surface area contributed by atoms with Gasteiger partial charge in [-0.05, 0) is 39.2 Å². The highest BCUT2D eigenvalue weighted by atomic mass is 16.6. The smallest absolute Gasteiger partial charge is 0.420 e. The molecule has 0 aliphatic heterocycles. The predicted octanol–water partition coefficient (Wildman–Crippen LogP) is 2.07. The van der Waals surface area contributed by atoms with E-state index in [1.165, 1.54) is 0 Å². The van der Waals surface area contributed by atoms with Gasteiger partial charge in [-0.15, -0.1) is 0 Å². The van der Waals surface area contributed by atoms with Crippen molar-refractivity contribution in [1.29, 1.82) is 0 Å². The van der Waals surface area contributed by atoms with Gasteiger partial charge in [0, 0.05) is 6.54 Å². The van der Waals surface area contributed by atoms with Gasteiger partial charge in [0.15, 0.2) is 5.96 Å². The summed E-state index contributed by atoms with van der Waals surface area (Å²) in [6.07, 6.45) is -2.08. The second kappa shape index (κ2) is 10.9. The summed E-state index contributed by atoms with van der Waals surface area (Å²) in [6.45, 7) is 4.83. The van der Waals surface area contributed by atoms with Gasteiger partial charge in [0.05, 0.1) is 0 Å². The molecule has 0 aliphatic rings. The maximum Gasteiger partial charge on any atom is 0.420 e. The fraction of sp³-hybridized carbons (Fsp3) is 0.474. The number of aliphatic imine (C=N–C) groups is 1. The molecule has 0 heterocycles. The van der Waals surface area contributed by atoms with Crippen LogP contribution in [-0.4, -0.2) is 52.3 Å². The molecule has 1 atom stereocenters. The summed E-state index contributed by atoms with van der Waals surface area (Å²) in [4.78, 5) is 41.2. The molecule has 0 spiro atoms. The number of ether oxygens (including phenoxy) is 2. The molecule has 1 aromatic carbocycles. The van der Waals surface area contributed by atoms with Crippen LogP contribution in [0.4, 0.5) is 9.59 Å². The largest absolute Gasteiger partial charge is 0.480 e. The average Bonchev–Trinajstić information content (AvgIpc) is 2.61. The topological polar surface area (TPSA) is 158 Å². The third-order valence-electron chi connectivity index (χ3n) is 3.52.